The molecule has 0 amide bonds. The molecule has 0 saturated carbocycles. The summed E-state index contributed by atoms with van der Waals surface area (Å²) in [5.74, 6) is 0.799. The van der Waals surface area contributed by atoms with E-state index in [9.17, 15) is 0 Å². The van der Waals surface area contributed by atoms with Crippen molar-refractivity contribution in [3.05, 3.63) is 53.7 Å². The van der Waals surface area contributed by atoms with Gasteiger partial charge in [0.1, 0.15) is 0 Å². The van der Waals surface area contributed by atoms with Crippen LogP contribution in [-0.4, -0.2) is 14.6 Å². The van der Waals surface area contributed by atoms with Gasteiger partial charge in [-0.3, -0.25) is 4.40 Å². The highest BCUT2D eigenvalue weighted by molar-refractivity contribution is 5.63. The highest BCUT2D eigenvalue weighted by atomic mass is 15.2. The summed E-state index contributed by atoms with van der Waals surface area (Å²) in [7, 11) is 0. The number of hydrogen-bond donors (Lipinski definition) is 0. The monoisotopic (exact) mass is 234 g/mol. The van der Waals surface area contributed by atoms with Crippen LogP contribution in [0.15, 0.2) is 42.6 Å². The third kappa shape index (κ3) is 1.54. The first-order valence-corrected chi connectivity index (χ1v) is 5.60. The number of aryl methyl sites for hydroxylation is 1. The summed E-state index contributed by atoms with van der Waals surface area (Å²) in [5.41, 5.74) is 3.48. The summed E-state index contributed by atoms with van der Waals surface area (Å²) in [4.78, 5) is 0. The van der Waals surface area contributed by atoms with Crippen molar-refractivity contribution >= 4 is 5.65 Å². The van der Waals surface area contributed by atoms with Crippen LogP contribution in [0.3, 0.4) is 0 Å². The predicted octanol–water partition coefficient (Wildman–Crippen LogP) is 2.58. The third-order valence-electron chi connectivity index (χ3n) is 2.93. The highest BCUT2D eigenvalue weighted by Crippen LogP contribution is 2.22. The molecule has 4 heteroatoms. The van der Waals surface area contributed by atoms with E-state index in [1.807, 2.05) is 41.8 Å². The smallest absolute Gasteiger partial charge is 0.168 e. The number of hydrogen-bond acceptors (Lipinski definition) is 3. The molecular formula is C14H10N4. The highest BCUT2D eigenvalue weighted by Gasteiger charge is 2.09. The van der Waals surface area contributed by atoms with Gasteiger partial charge < -0.3 is 0 Å². The Hall–Kier alpha value is -2.67. The molecule has 18 heavy (non-hydrogen) atoms. The zero-order valence-electron chi connectivity index (χ0n) is 9.83. The number of pyridine rings is 1. The summed E-state index contributed by atoms with van der Waals surface area (Å²) in [6.45, 7) is 2.04. The zero-order valence-corrected chi connectivity index (χ0v) is 9.83. The summed E-state index contributed by atoms with van der Waals surface area (Å²) < 4.78 is 1.89. The van der Waals surface area contributed by atoms with Crippen LogP contribution in [0.2, 0.25) is 0 Å². The minimum atomic E-state index is 0.589. The molecule has 1 aromatic carbocycles. The normalized spacial score (nSPS) is 10.4. The van der Waals surface area contributed by atoms with Gasteiger partial charge in [0.15, 0.2) is 11.5 Å². The molecule has 3 rings (SSSR count). The molecule has 3 aromatic rings. The van der Waals surface area contributed by atoms with Crippen molar-refractivity contribution in [1.82, 2.24) is 14.6 Å². The van der Waals surface area contributed by atoms with Crippen LogP contribution in [0.1, 0.15) is 11.1 Å². The summed E-state index contributed by atoms with van der Waals surface area (Å²) in [6.07, 6.45) is 1.83. The fourth-order valence-corrected chi connectivity index (χ4v) is 1.97. The number of rotatable bonds is 1. The van der Waals surface area contributed by atoms with Gasteiger partial charge in [-0.25, -0.2) is 0 Å². The Balaban J connectivity index is 2.26. The Labute approximate surface area is 104 Å². The van der Waals surface area contributed by atoms with Crippen molar-refractivity contribution in [3.63, 3.8) is 0 Å². The van der Waals surface area contributed by atoms with E-state index >= 15 is 0 Å². The van der Waals surface area contributed by atoms with Gasteiger partial charge in [-0.15, -0.1) is 10.2 Å². The van der Waals surface area contributed by atoms with E-state index in [2.05, 4.69) is 16.3 Å². The molecule has 2 aromatic heterocycles. The van der Waals surface area contributed by atoms with Crippen molar-refractivity contribution < 1.29 is 0 Å². The lowest BCUT2D eigenvalue weighted by molar-refractivity contribution is 1.11. The molecule has 0 fully saturated rings. The van der Waals surface area contributed by atoms with Gasteiger partial charge in [0, 0.05) is 17.8 Å². The second-order valence-electron chi connectivity index (χ2n) is 4.09. The Morgan fingerprint density at radius 1 is 1.17 bits per heavy atom. The van der Waals surface area contributed by atoms with E-state index in [1.165, 1.54) is 0 Å². The molecule has 0 saturated heterocycles. The summed E-state index contributed by atoms with van der Waals surface area (Å²) in [6, 6.07) is 13.6. The first-order chi connectivity index (χ1) is 8.79. The molecule has 0 aliphatic rings. The molecule has 0 N–H and O–H groups in total. The van der Waals surface area contributed by atoms with Crippen LogP contribution in [-0.2, 0) is 0 Å². The average molecular weight is 234 g/mol. The van der Waals surface area contributed by atoms with Gasteiger partial charge in [-0.05, 0) is 18.6 Å². The maximum absolute atomic E-state index is 8.86. The molecule has 0 unspecified atom stereocenters. The Bertz CT molecular complexity index is 765. The summed E-state index contributed by atoms with van der Waals surface area (Å²) in [5, 5.41) is 17.2. The van der Waals surface area contributed by atoms with Crippen LogP contribution in [0, 0.1) is 18.3 Å². The second kappa shape index (κ2) is 3.97. The zero-order chi connectivity index (χ0) is 12.5. The van der Waals surface area contributed by atoms with Crippen molar-refractivity contribution in [1.29, 1.82) is 5.26 Å². The minimum Gasteiger partial charge on any atom is -0.282 e. The minimum absolute atomic E-state index is 0.589. The summed E-state index contributed by atoms with van der Waals surface area (Å²) >= 11 is 0. The SMILES string of the molecule is Cc1ccccc1-c1nnc2cc(C#N)ccn12. The lowest BCUT2D eigenvalue weighted by Gasteiger charge is -2.03. The van der Waals surface area contributed by atoms with E-state index in [0.717, 1.165) is 17.0 Å². The van der Waals surface area contributed by atoms with Crippen LogP contribution < -0.4 is 0 Å². The van der Waals surface area contributed by atoms with Gasteiger partial charge in [-0.2, -0.15) is 5.26 Å². The van der Waals surface area contributed by atoms with E-state index in [4.69, 9.17) is 5.26 Å². The molecule has 86 valence electrons. The van der Waals surface area contributed by atoms with Crippen molar-refractivity contribution in [2.75, 3.05) is 0 Å². The molecule has 0 aliphatic heterocycles. The Morgan fingerprint density at radius 3 is 2.78 bits per heavy atom. The van der Waals surface area contributed by atoms with Crippen molar-refractivity contribution in [3.8, 4) is 17.5 Å². The fraction of sp³-hybridized carbons (Fsp3) is 0.0714. The number of aromatic nitrogens is 3. The van der Waals surface area contributed by atoms with Gasteiger partial charge in [0.05, 0.1) is 11.6 Å². The molecule has 4 nitrogen and oxygen atoms in total. The van der Waals surface area contributed by atoms with Crippen LogP contribution in [0.4, 0.5) is 0 Å². The van der Waals surface area contributed by atoms with Gasteiger partial charge in [0.2, 0.25) is 0 Å². The number of fused-ring (bicyclic) bond motifs is 1. The third-order valence-corrected chi connectivity index (χ3v) is 2.93. The molecule has 0 radical (unpaired) electrons. The van der Waals surface area contributed by atoms with Gasteiger partial charge in [0.25, 0.3) is 0 Å². The van der Waals surface area contributed by atoms with Crippen molar-refractivity contribution in [2.45, 2.75) is 6.92 Å². The van der Waals surface area contributed by atoms with E-state index in [-0.39, 0.29) is 0 Å². The first-order valence-electron chi connectivity index (χ1n) is 5.60. The fourth-order valence-electron chi connectivity index (χ4n) is 1.97. The standard InChI is InChI=1S/C14H10N4/c1-10-4-2-3-5-12(10)14-17-16-13-8-11(9-15)6-7-18(13)14/h2-8H,1H3. The maximum atomic E-state index is 8.86. The van der Waals surface area contributed by atoms with E-state index in [1.54, 1.807) is 12.1 Å². The van der Waals surface area contributed by atoms with Gasteiger partial charge >= 0.3 is 0 Å². The number of benzene rings is 1. The van der Waals surface area contributed by atoms with Crippen molar-refractivity contribution in [2.24, 2.45) is 0 Å². The molecular weight excluding hydrogens is 224 g/mol. The molecule has 0 spiro atoms. The number of nitrogens with zero attached hydrogens (tertiary/aromatic N) is 4. The quantitative estimate of drug-likeness (QED) is 0.650. The lowest BCUT2D eigenvalue weighted by atomic mass is 10.1. The second-order valence-corrected chi connectivity index (χ2v) is 4.09. The van der Waals surface area contributed by atoms with Crippen LogP contribution in [0.5, 0.6) is 0 Å². The van der Waals surface area contributed by atoms with Gasteiger partial charge in [-0.1, -0.05) is 24.3 Å². The van der Waals surface area contributed by atoms with Crippen LogP contribution in [0.25, 0.3) is 17.0 Å². The van der Waals surface area contributed by atoms with E-state index in [0.29, 0.717) is 11.2 Å². The predicted molar refractivity (Wildman–Crippen MR) is 67.9 cm³/mol. The molecule has 0 aliphatic carbocycles. The van der Waals surface area contributed by atoms with E-state index < -0.39 is 0 Å². The average Bonchev–Trinajstić information content (AvgIpc) is 2.82. The maximum Gasteiger partial charge on any atom is 0.168 e. The Kier molecular flexibility index (Phi) is 2.31. The molecule has 0 bridgehead atoms. The first kappa shape index (κ1) is 10.5. The number of nitriles is 1. The van der Waals surface area contributed by atoms with Crippen LogP contribution >= 0.6 is 0 Å². The molecule has 2 heterocycles. The lowest BCUT2D eigenvalue weighted by Crippen LogP contribution is -1.91. The Morgan fingerprint density at radius 2 is 2.00 bits per heavy atom. The largest absolute Gasteiger partial charge is 0.282 e. The topological polar surface area (TPSA) is 54.0 Å². The molecule has 0 atom stereocenters.